The molecule has 1 amide bonds. The molecule has 2 aromatic carbocycles. The maximum absolute atomic E-state index is 13.3. The quantitative estimate of drug-likeness (QED) is 0.758. The first kappa shape index (κ1) is 19.5. The number of amides is 1. The summed E-state index contributed by atoms with van der Waals surface area (Å²) in [5.74, 6) is -0.0513. The average molecular weight is 409 g/mol. The predicted molar refractivity (Wildman–Crippen MR) is 118 cm³/mol. The van der Waals surface area contributed by atoms with Gasteiger partial charge in [-0.25, -0.2) is 4.39 Å². The van der Waals surface area contributed by atoms with Gasteiger partial charge in [0.25, 0.3) is 0 Å². The van der Waals surface area contributed by atoms with Crippen LogP contribution in [0.2, 0.25) is 0 Å². The van der Waals surface area contributed by atoms with Gasteiger partial charge in [-0.3, -0.25) is 9.69 Å². The van der Waals surface area contributed by atoms with E-state index in [4.69, 9.17) is 0 Å². The minimum absolute atomic E-state index is 0.186. The number of halogens is 1. The van der Waals surface area contributed by atoms with Gasteiger partial charge >= 0.3 is 0 Å². The lowest BCUT2D eigenvalue weighted by atomic mass is 10.1. The Balaban J connectivity index is 1.23. The summed E-state index contributed by atoms with van der Waals surface area (Å²) in [7, 11) is 0. The molecule has 0 unspecified atom stereocenters. The number of carbonyl (C=O) groups is 1. The summed E-state index contributed by atoms with van der Waals surface area (Å²) in [4.78, 5) is 22.2. The van der Waals surface area contributed by atoms with Crippen LogP contribution in [-0.4, -0.2) is 67.6 Å². The Hall–Kier alpha value is -2.44. The van der Waals surface area contributed by atoms with Crippen LogP contribution in [0.1, 0.15) is 19.3 Å². The summed E-state index contributed by atoms with van der Waals surface area (Å²) in [6, 6.07) is 15.4. The van der Waals surface area contributed by atoms with Crippen LogP contribution in [0.15, 0.2) is 48.5 Å². The van der Waals surface area contributed by atoms with Gasteiger partial charge in [-0.05, 0) is 49.2 Å². The molecule has 5 nitrogen and oxygen atoms in total. The summed E-state index contributed by atoms with van der Waals surface area (Å²) < 4.78 is 13.3. The standard InChI is InChI=1S/C24H29FN4O/c25-19-5-7-21(8-6-19)28-17-18-29(23-4-2-1-3-22(23)28)24(30)11-12-26-13-15-27(16-14-26)20-9-10-20/h1-8,20H,9-18H2. The van der Waals surface area contributed by atoms with E-state index in [1.807, 2.05) is 29.2 Å². The third-order valence-electron chi connectivity index (χ3n) is 6.56. The number of hydrogen-bond acceptors (Lipinski definition) is 4. The number of para-hydroxylation sites is 2. The smallest absolute Gasteiger partial charge is 0.228 e. The van der Waals surface area contributed by atoms with Crippen molar-refractivity contribution in [2.45, 2.75) is 25.3 Å². The number of rotatable bonds is 5. The van der Waals surface area contributed by atoms with E-state index in [0.717, 1.165) is 55.8 Å². The van der Waals surface area contributed by atoms with E-state index in [-0.39, 0.29) is 11.7 Å². The van der Waals surface area contributed by atoms with Gasteiger partial charge < -0.3 is 14.7 Å². The molecule has 1 saturated heterocycles. The van der Waals surface area contributed by atoms with Crippen molar-refractivity contribution in [3.8, 4) is 0 Å². The Morgan fingerprint density at radius 3 is 2.27 bits per heavy atom. The van der Waals surface area contributed by atoms with Crippen LogP contribution >= 0.6 is 0 Å². The fraction of sp³-hybridized carbons (Fsp3) is 0.458. The highest BCUT2D eigenvalue weighted by Gasteiger charge is 2.32. The summed E-state index contributed by atoms with van der Waals surface area (Å²) >= 11 is 0. The van der Waals surface area contributed by atoms with E-state index in [0.29, 0.717) is 19.5 Å². The molecule has 2 aliphatic heterocycles. The Morgan fingerprint density at radius 1 is 0.867 bits per heavy atom. The second-order valence-corrected chi connectivity index (χ2v) is 8.52. The van der Waals surface area contributed by atoms with Crippen LogP contribution in [0.25, 0.3) is 0 Å². The number of piperazine rings is 1. The average Bonchev–Trinajstić information content (AvgIpc) is 3.63. The molecule has 2 aromatic rings. The number of hydrogen-bond donors (Lipinski definition) is 0. The molecule has 6 heteroatoms. The van der Waals surface area contributed by atoms with Crippen molar-refractivity contribution in [2.24, 2.45) is 0 Å². The molecule has 1 aliphatic carbocycles. The second-order valence-electron chi connectivity index (χ2n) is 8.52. The van der Waals surface area contributed by atoms with Gasteiger partial charge in [-0.1, -0.05) is 12.1 Å². The van der Waals surface area contributed by atoms with E-state index < -0.39 is 0 Å². The maximum atomic E-state index is 13.3. The van der Waals surface area contributed by atoms with Crippen molar-refractivity contribution in [1.82, 2.24) is 9.80 Å². The van der Waals surface area contributed by atoms with Crippen molar-refractivity contribution >= 4 is 23.0 Å². The summed E-state index contributed by atoms with van der Waals surface area (Å²) in [5, 5.41) is 0. The van der Waals surface area contributed by atoms with Gasteiger partial charge in [0.2, 0.25) is 5.91 Å². The Labute approximate surface area is 177 Å². The summed E-state index contributed by atoms with van der Waals surface area (Å²) in [5.41, 5.74) is 2.89. The van der Waals surface area contributed by atoms with Gasteiger partial charge in [0.15, 0.2) is 0 Å². The maximum Gasteiger partial charge on any atom is 0.228 e. The van der Waals surface area contributed by atoms with Crippen molar-refractivity contribution in [3.63, 3.8) is 0 Å². The minimum Gasteiger partial charge on any atom is -0.338 e. The van der Waals surface area contributed by atoms with Crippen molar-refractivity contribution in [1.29, 1.82) is 0 Å². The number of carbonyl (C=O) groups excluding carboxylic acids is 1. The van der Waals surface area contributed by atoms with E-state index in [1.165, 1.54) is 25.0 Å². The zero-order valence-electron chi connectivity index (χ0n) is 17.3. The lowest BCUT2D eigenvalue weighted by Crippen LogP contribution is -2.48. The van der Waals surface area contributed by atoms with E-state index in [1.54, 1.807) is 12.1 Å². The molecule has 0 atom stereocenters. The summed E-state index contributed by atoms with van der Waals surface area (Å²) in [6.45, 7) is 6.59. The molecule has 5 rings (SSSR count). The van der Waals surface area contributed by atoms with Crippen LogP contribution in [0.3, 0.4) is 0 Å². The van der Waals surface area contributed by atoms with Crippen LogP contribution in [0.4, 0.5) is 21.5 Å². The third kappa shape index (κ3) is 4.07. The molecule has 0 N–H and O–H groups in total. The fourth-order valence-corrected chi connectivity index (χ4v) is 4.69. The van der Waals surface area contributed by atoms with Crippen molar-refractivity contribution in [3.05, 3.63) is 54.3 Å². The molecule has 0 aromatic heterocycles. The summed E-state index contributed by atoms with van der Waals surface area (Å²) in [6.07, 6.45) is 3.28. The highest BCUT2D eigenvalue weighted by atomic mass is 19.1. The highest BCUT2D eigenvalue weighted by Crippen LogP contribution is 2.37. The van der Waals surface area contributed by atoms with Crippen LogP contribution in [0.5, 0.6) is 0 Å². The topological polar surface area (TPSA) is 30.0 Å². The molecule has 2 heterocycles. The number of nitrogens with zero attached hydrogens (tertiary/aromatic N) is 4. The van der Waals surface area contributed by atoms with Gasteiger partial charge in [0.1, 0.15) is 5.82 Å². The van der Waals surface area contributed by atoms with Gasteiger partial charge in [0.05, 0.1) is 11.4 Å². The molecular weight excluding hydrogens is 379 g/mol. The normalized spacial score (nSPS) is 20.3. The zero-order valence-corrected chi connectivity index (χ0v) is 17.3. The molecule has 0 radical (unpaired) electrons. The zero-order chi connectivity index (χ0) is 20.5. The number of fused-ring (bicyclic) bond motifs is 1. The van der Waals surface area contributed by atoms with E-state index in [9.17, 15) is 9.18 Å². The molecular formula is C24H29FN4O. The van der Waals surface area contributed by atoms with Gasteiger partial charge in [0, 0.05) is 64.0 Å². The monoisotopic (exact) mass is 408 g/mol. The Kier molecular flexibility index (Phi) is 5.44. The molecule has 3 aliphatic rings. The van der Waals surface area contributed by atoms with Crippen molar-refractivity contribution < 1.29 is 9.18 Å². The lowest BCUT2D eigenvalue weighted by molar-refractivity contribution is -0.119. The predicted octanol–water partition coefficient (Wildman–Crippen LogP) is 3.48. The largest absolute Gasteiger partial charge is 0.338 e. The Bertz CT molecular complexity index is 890. The van der Waals surface area contributed by atoms with Crippen LogP contribution < -0.4 is 9.80 Å². The number of benzene rings is 2. The Morgan fingerprint density at radius 2 is 1.57 bits per heavy atom. The first-order chi connectivity index (χ1) is 14.7. The third-order valence-corrected chi connectivity index (χ3v) is 6.56. The SMILES string of the molecule is O=C(CCN1CCN(C2CC2)CC1)N1CCN(c2ccc(F)cc2)c2ccccc21. The lowest BCUT2D eigenvalue weighted by Gasteiger charge is -2.38. The molecule has 30 heavy (non-hydrogen) atoms. The van der Waals surface area contributed by atoms with Gasteiger partial charge in [-0.2, -0.15) is 0 Å². The number of anilines is 3. The molecule has 1 saturated carbocycles. The first-order valence-electron chi connectivity index (χ1n) is 11.1. The molecule has 0 bridgehead atoms. The van der Waals surface area contributed by atoms with Crippen LogP contribution in [0, 0.1) is 5.82 Å². The van der Waals surface area contributed by atoms with Gasteiger partial charge in [-0.15, -0.1) is 0 Å². The van der Waals surface area contributed by atoms with Crippen LogP contribution in [-0.2, 0) is 4.79 Å². The molecule has 2 fully saturated rings. The molecule has 0 spiro atoms. The fourth-order valence-electron chi connectivity index (χ4n) is 4.69. The highest BCUT2D eigenvalue weighted by molar-refractivity contribution is 5.98. The van der Waals surface area contributed by atoms with E-state index in [2.05, 4.69) is 14.7 Å². The molecule has 158 valence electrons. The van der Waals surface area contributed by atoms with Crippen molar-refractivity contribution in [2.75, 3.05) is 55.6 Å². The first-order valence-corrected chi connectivity index (χ1v) is 11.1. The van der Waals surface area contributed by atoms with E-state index >= 15 is 0 Å². The second kappa shape index (κ2) is 8.36. The minimum atomic E-state index is -0.237.